The Morgan fingerprint density at radius 1 is 0.771 bits per heavy atom. The van der Waals surface area contributed by atoms with Crippen molar-refractivity contribution in [3.05, 3.63) is 90.0 Å². The molecule has 0 atom stereocenters. The molecule has 3 rings (SSSR count). The monoisotopic (exact) mass is 473 g/mol. The highest BCUT2D eigenvalue weighted by atomic mass is 16.6. The molecule has 0 saturated heterocycles. The van der Waals surface area contributed by atoms with Gasteiger partial charge < -0.3 is 19.5 Å². The van der Waals surface area contributed by atoms with Crippen LogP contribution in [0, 0.1) is 0 Å². The first kappa shape index (κ1) is 24.7. The number of methoxy groups -OCH3 is 2. The Kier molecular flexibility index (Phi) is 8.73. The van der Waals surface area contributed by atoms with Gasteiger partial charge in [-0.1, -0.05) is 42.5 Å². The molecule has 2 amide bonds. The van der Waals surface area contributed by atoms with Crippen LogP contribution in [0.5, 0.6) is 17.2 Å². The van der Waals surface area contributed by atoms with Crippen molar-refractivity contribution in [1.29, 1.82) is 0 Å². The minimum Gasteiger partial charge on any atom is -0.495 e. The molecule has 0 unspecified atom stereocenters. The fraction of sp³-hybridized carbons (Fsp3) is 0.0769. The van der Waals surface area contributed by atoms with Gasteiger partial charge in [-0.3, -0.25) is 9.59 Å². The molecule has 0 radical (unpaired) electrons. The lowest BCUT2D eigenvalue weighted by Crippen LogP contribution is -2.32. The number of para-hydroxylation sites is 2. The smallest absolute Gasteiger partial charge is 0.336 e. The zero-order chi connectivity index (χ0) is 25.0. The van der Waals surface area contributed by atoms with Crippen molar-refractivity contribution in [3.8, 4) is 17.2 Å². The number of nitrogens with zero attached hydrogens (tertiary/aromatic N) is 1. The van der Waals surface area contributed by atoms with Gasteiger partial charge in [-0.05, 0) is 47.5 Å². The van der Waals surface area contributed by atoms with Crippen LogP contribution in [0.1, 0.15) is 11.1 Å². The first-order chi connectivity index (χ1) is 17.0. The van der Waals surface area contributed by atoms with Crippen LogP contribution in [0.4, 0.5) is 5.69 Å². The second-order valence-corrected chi connectivity index (χ2v) is 6.93. The predicted octanol–water partition coefficient (Wildman–Crippen LogP) is 3.41. The molecule has 0 saturated carbocycles. The van der Waals surface area contributed by atoms with Crippen LogP contribution in [-0.4, -0.2) is 38.2 Å². The van der Waals surface area contributed by atoms with E-state index in [1.165, 1.54) is 32.6 Å². The van der Waals surface area contributed by atoms with Gasteiger partial charge in [0.15, 0.2) is 11.5 Å². The van der Waals surface area contributed by atoms with Gasteiger partial charge in [0.25, 0.3) is 0 Å². The van der Waals surface area contributed by atoms with Gasteiger partial charge in [0.1, 0.15) is 5.75 Å². The Labute approximate surface area is 202 Å². The van der Waals surface area contributed by atoms with Crippen LogP contribution in [0.2, 0.25) is 0 Å². The summed E-state index contributed by atoms with van der Waals surface area (Å²) in [5.41, 5.74) is 3.90. The zero-order valence-electron chi connectivity index (χ0n) is 19.1. The minimum absolute atomic E-state index is 0.215. The Bertz CT molecular complexity index is 1250. The molecular weight excluding hydrogens is 450 g/mol. The van der Waals surface area contributed by atoms with Crippen molar-refractivity contribution in [1.82, 2.24) is 5.43 Å². The van der Waals surface area contributed by atoms with Crippen LogP contribution in [-0.2, 0) is 14.4 Å². The van der Waals surface area contributed by atoms with E-state index in [0.29, 0.717) is 17.0 Å². The first-order valence-electron chi connectivity index (χ1n) is 10.4. The highest BCUT2D eigenvalue weighted by Crippen LogP contribution is 2.28. The van der Waals surface area contributed by atoms with Crippen molar-refractivity contribution in [2.75, 3.05) is 19.5 Å². The fourth-order valence-corrected chi connectivity index (χ4v) is 2.86. The number of anilines is 1. The average molecular weight is 473 g/mol. The lowest BCUT2D eigenvalue weighted by atomic mass is 10.2. The highest BCUT2D eigenvalue weighted by Gasteiger charge is 2.15. The maximum atomic E-state index is 12.1. The van der Waals surface area contributed by atoms with Crippen molar-refractivity contribution in [2.24, 2.45) is 5.10 Å². The summed E-state index contributed by atoms with van der Waals surface area (Å²) in [6, 6.07) is 20.7. The minimum atomic E-state index is -0.963. The molecule has 0 aliphatic heterocycles. The zero-order valence-corrected chi connectivity index (χ0v) is 19.1. The van der Waals surface area contributed by atoms with E-state index < -0.39 is 17.8 Å². The van der Waals surface area contributed by atoms with Gasteiger partial charge in [-0.25, -0.2) is 10.2 Å². The van der Waals surface area contributed by atoms with E-state index in [1.807, 2.05) is 30.3 Å². The maximum absolute atomic E-state index is 12.1. The number of hydrazone groups is 1. The summed E-state index contributed by atoms with van der Waals surface area (Å²) in [6.45, 7) is 0. The number of carbonyl (C=O) groups is 3. The second kappa shape index (κ2) is 12.4. The topological polar surface area (TPSA) is 115 Å². The summed E-state index contributed by atoms with van der Waals surface area (Å²) in [5, 5.41) is 6.24. The molecule has 2 N–H and O–H groups in total. The summed E-state index contributed by atoms with van der Waals surface area (Å²) in [6.07, 6.45) is 4.27. The van der Waals surface area contributed by atoms with E-state index in [1.54, 1.807) is 42.5 Å². The second-order valence-electron chi connectivity index (χ2n) is 6.93. The van der Waals surface area contributed by atoms with Gasteiger partial charge in [0.2, 0.25) is 0 Å². The highest BCUT2D eigenvalue weighted by molar-refractivity contribution is 6.39. The summed E-state index contributed by atoms with van der Waals surface area (Å²) in [7, 11) is 2.88. The lowest BCUT2D eigenvalue weighted by Gasteiger charge is -2.09. The summed E-state index contributed by atoms with van der Waals surface area (Å²) in [5.74, 6) is -1.52. The van der Waals surface area contributed by atoms with E-state index in [0.717, 1.165) is 5.56 Å². The molecule has 0 fully saturated rings. The van der Waals surface area contributed by atoms with E-state index in [2.05, 4.69) is 15.8 Å². The molecule has 178 valence electrons. The Morgan fingerprint density at radius 2 is 1.49 bits per heavy atom. The fourth-order valence-electron chi connectivity index (χ4n) is 2.86. The number of rotatable bonds is 8. The Hall–Kier alpha value is -4.92. The van der Waals surface area contributed by atoms with Crippen LogP contribution in [0.3, 0.4) is 0 Å². The normalized spacial score (nSPS) is 10.7. The third-order valence-electron chi connectivity index (χ3n) is 4.55. The average Bonchev–Trinajstić information content (AvgIpc) is 2.89. The van der Waals surface area contributed by atoms with E-state index in [-0.39, 0.29) is 11.5 Å². The third-order valence-corrected chi connectivity index (χ3v) is 4.55. The van der Waals surface area contributed by atoms with Crippen molar-refractivity contribution in [3.63, 3.8) is 0 Å². The number of ether oxygens (including phenoxy) is 3. The Morgan fingerprint density at radius 3 is 2.23 bits per heavy atom. The van der Waals surface area contributed by atoms with Crippen LogP contribution in [0.25, 0.3) is 6.08 Å². The first-order valence-corrected chi connectivity index (χ1v) is 10.4. The van der Waals surface area contributed by atoms with Crippen LogP contribution in [0.15, 0.2) is 84.0 Å². The molecule has 0 aromatic heterocycles. The van der Waals surface area contributed by atoms with E-state index in [9.17, 15) is 14.4 Å². The molecule has 0 heterocycles. The molecule has 0 aliphatic rings. The van der Waals surface area contributed by atoms with E-state index in [4.69, 9.17) is 14.2 Å². The number of nitrogens with one attached hydrogen (secondary N) is 2. The molecule has 0 aliphatic carbocycles. The number of hydrogen-bond acceptors (Lipinski definition) is 7. The van der Waals surface area contributed by atoms with Gasteiger partial charge in [-0.2, -0.15) is 5.10 Å². The maximum Gasteiger partial charge on any atom is 0.336 e. The number of carbonyl (C=O) groups excluding carboxylic acids is 3. The standard InChI is InChI=1S/C26H23N3O6/c1-33-21-11-7-6-10-20(21)28-25(31)26(32)29-27-17-19-12-14-22(23(16-19)34-2)35-24(30)15-13-18-8-4-3-5-9-18/h3-17H,1-2H3,(H,28,31)(H,29,32)/b15-13+,27-17-. The van der Waals surface area contributed by atoms with Gasteiger partial charge in [-0.15, -0.1) is 0 Å². The number of hydrogen-bond donors (Lipinski definition) is 2. The van der Waals surface area contributed by atoms with E-state index >= 15 is 0 Å². The Balaban J connectivity index is 1.57. The third kappa shape index (κ3) is 7.29. The van der Waals surface area contributed by atoms with Gasteiger partial charge >= 0.3 is 17.8 Å². The van der Waals surface area contributed by atoms with Crippen molar-refractivity contribution in [2.45, 2.75) is 0 Å². The lowest BCUT2D eigenvalue weighted by molar-refractivity contribution is -0.136. The quantitative estimate of drug-likeness (QED) is 0.129. The molecule has 0 spiro atoms. The predicted molar refractivity (Wildman–Crippen MR) is 131 cm³/mol. The summed E-state index contributed by atoms with van der Waals surface area (Å²) < 4.78 is 15.7. The van der Waals surface area contributed by atoms with Crippen molar-refractivity contribution < 1.29 is 28.6 Å². The largest absolute Gasteiger partial charge is 0.495 e. The summed E-state index contributed by atoms with van der Waals surface area (Å²) in [4.78, 5) is 36.3. The van der Waals surface area contributed by atoms with Crippen molar-refractivity contribution >= 4 is 35.8 Å². The van der Waals surface area contributed by atoms with Gasteiger partial charge in [0, 0.05) is 6.08 Å². The molecule has 3 aromatic rings. The molecular formula is C26H23N3O6. The van der Waals surface area contributed by atoms with Crippen LogP contribution >= 0.6 is 0 Å². The summed E-state index contributed by atoms with van der Waals surface area (Å²) >= 11 is 0. The molecule has 9 heteroatoms. The number of esters is 1. The SMILES string of the molecule is COc1ccccc1NC(=O)C(=O)N/N=C\c1ccc(OC(=O)/C=C/c2ccccc2)c(OC)c1. The number of amides is 2. The van der Waals surface area contributed by atoms with Crippen LogP contribution < -0.4 is 25.0 Å². The molecule has 35 heavy (non-hydrogen) atoms. The molecule has 9 nitrogen and oxygen atoms in total. The molecule has 3 aromatic carbocycles. The van der Waals surface area contributed by atoms with Gasteiger partial charge in [0.05, 0.1) is 26.1 Å². The molecule has 0 bridgehead atoms. The number of benzene rings is 3.